The molecule has 0 aromatic heterocycles. The molecule has 0 radical (unpaired) electrons. The van der Waals surface area contributed by atoms with Crippen LogP contribution in [-0.4, -0.2) is 39.1 Å². The predicted molar refractivity (Wildman–Crippen MR) is 107 cm³/mol. The van der Waals surface area contributed by atoms with E-state index >= 15 is 0 Å². The molecule has 3 rings (SSSR count). The number of para-hydroxylation sites is 1. The van der Waals surface area contributed by atoms with Crippen LogP contribution in [0.2, 0.25) is 0 Å². The molecular formula is C20H20N4O6. The molecule has 1 unspecified atom stereocenters. The summed E-state index contributed by atoms with van der Waals surface area (Å²) < 4.78 is 0. The Bertz CT molecular complexity index is 1020. The molecule has 10 nitrogen and oxygen atoms in total. The molecule has 1 heterocycles. The molecule has 1 aliphatic heterocycles. The van der Waals surface area contributed by atoms with Gasteiger partial charge in [-0.1, -0.05) is 18.2 Å². The lowest BCUT2D eigenvalue weighted by Gasteiger charge is -2.24. The van der Waals surface area contributed by atoms with Gasteiger partial charge in [-0.05, 0) is 31.9 Å². The first-order valence-corrected chi connectivity index (χ1v) is 9.35. The second-order valence-electron chi connectivity index (χ2n) is 7.02. The number of nitro groups is 2. The number of nitro benzene ring substituents is 2. The van der Waals surface area contributed by atoms with Crippen LogP contribution in [0.1, 0.15) is 34.3 Å². The third-order valence-electron chi connectivity index (χ3n) is 5.10. The molecule has 1 N–H and O–H groups in total. The Morgan fingerprint density at radius 1 is 1.10 bits per heavy atom. The number of hydrogen-bond acceptors (Lipinski definition) is 6. The summed E-state index contributed by atoms with van der Waals surface area (Å²) in [6.07, 6.45) is 1.11. The van der Waals surface area contributed by atoms with Gasteiger partial charge in [0.15, 0.2) is 0 Å². The molecule has 0 saturated carbocycles. The predicted octanol–water partition coefficient (Wildman–Crippen LogP) is 2.73. The largest absolute Gasteiger partial charge is 0.350 e. The van der Waals surface area contributed by atoms with Gasteiger partial charge in [-0.2, -0.15) is 0 Å². The van der Waals surface area contributed by atoms with Gasteiger partial charge in [0.2, 0.25) is 5.91 Å². The summed E-state index contributed by atoms with van der Waals surface area (Å²) >= 11 is 0. The number of likely N-dealkylation sites (tertiary alicyclic amines) is 1. The van der Waals surface area contributed by atoms with Crippen LogP contribution in [0.5, 0.6) is 0 Å². The Kier molecular flexibility index (Phi) is 6.05. The summed E-state index contributed by atoms with van der Waals surface area (Å²) in [6.45, 7) is 1.92. The van der Waals surface area contributed by atoms with Crippen molar-refractivity contribution in [3.05, 3.63) is 79.4 Å². The van der Waals surface area contributed by atoms with Gasteiger partial charge in [0.25, 0.3) is 17.3 Å². The van der Waals surface area contributed by atoms with Crippen molar-refractivity contribution in [1.29, 1.82) is 0 Å². The highest BCUT2D eigenvalue weighted by molar-refractivity contribution is 5.98. The third-order valence-corrected chi connectivity index (χ3v) is 5.10. The van der Waals surface area contributed by atoms with Crippen molar-refractivity contribution in [2.45, 2.75) is 32.4 Å². The van der Waals surface area contributed by atoms with E-state index < -0.39 is 21.8 Å². The van der Waals surface area contributed by atoms with Crippen LogP contribution in [0, 0.1) is 27.2 Å². The second-order valence-corrected chi connectivity index (χ2v) is 7.02. The summed E-state index contributed by atoms with van der Waals surface area (Å²) in [4.78, 5) is 48.1. The first kappa shape index (κ1) is 20.9. The lowest BCUT2D eigenvalue weighted by molar-refractivity contribution is -0.385. The van der Waals surface area contributed by atoms with Crippen molar-refractivity contribution >= 4 is 23.2 Å². The molecule has 0 bridgehead atoms. The highest BCUT2D eigenvalue weighted by atomic mass is 16.6. The molecule has 2 aromatic carbocycles. The van der Waals surface area contributed by atoms with E-state index in [9.17, 15) is 29.8 Å². The van der Waals surface area contributed by atoms with E-state index in [1.54, 1.807) is 25.1 Å². The Labute approximate surface area is 171 Å². The number of amides is 2. The number of hydrogen-bond donors (Lipinski definition) is 1. The fraction of sp³-hybridized carbons (Fsp3) is 0.300. The van der Waals surface area contributed by atoms with E-state index in [-0.39, 0.29) is 29.4 Å². The fourth-order valence-electron chi connectivity index (χ4n) is 3.58. The van der Waals surface area contributed by atoms with Crippen LogP contribution in [-0.2, 0) is 11.3 Å². The molecule has 156 valence electrons. The smallest absolute Gasteiger partial charge is 0.274 e. The van der Waals surface area contributed by atoms with Crippen molar-refractivity contribution < 1.29 is 19.4 Å². The second kappa shape index (κ2) is 8.68. The Morgan fingerprint density at radius 2 is 1.80 bits per heavy atom. The fourth-order valence-corrected chi connectivity index (χ4v) is 3.58. The Hall–Kier alpha value is -3.82. The van der Waals surface area contributed by atoms with Gasteiger partial charge in [0.05, 0.1) is 9.85 Å². The highest BCUT2D eigenvalue weighted by Crippen LogP contribution is 2.24. The molecule has 1 saturated heterocycles. The summed E-state index contributed by atoms with van der Waals surface area (Å²) in [7, 11) is 0. The van der Waals surface area contributed by atoms with Crippen LogP contribution < -0.4 is 5.32 Å². The molecule has 1 atom stereocenters. The average Bonchev–Trinajstić information content (AvgIpc) is 3.21. The van der Waals surface area contributed by atoms with Crippen LogP contribution in [0.25, 0.3) is 0 Å². The lowest BCUT2D eigenvalue weighted by atomic mass is 10.1. The first-order chi connectivity index (χ1) is 14.3. The summed E-state index contributed by atoms with van der Waals surface area (Å²) in [5.41, 5.74) is 0.849. The molecule has 2 amide bonds. The number of nitrogens with zero attached hydrogens (tertiary/aromatic N) is 3. The zero-order chi connectivity index (χ0) is 21.8. The van der Waals surface area contributed by atoms with Gasteiger partial charge in [-0.15, -0.1) is 0 Å². The minimum absolute atomic E-state index is 0.0227. The number of aryl methyl sites for hydroxylation is 1. The standard InChI is InChI=1S/C20H20N4O6/c1-13-11-14(8-9-16(13)23(27)28)20(26)22-10-4-7-18(22)19(25)21-12-15-5-2-3-6-17(15)24(29)30/h2-3,5-6,8-9,11,18H,4,7,10,12H2,1H3,(H,21,25). The molecule has 2 aromatic rings. The Morgan fingerprint density at radius 3 is 2.47 bits per heavy atom. The maximum Gasteiger partial charge on any atom is 0.274 e. The SMILES string of the molecule is Cc1cc(C(=O)N2CCCC2C(=O)NCc2ccccc2[N+](=O)[O-])ccc1[N+](=O)[O-]. The molecule has 30 heavy (non-hydrogen) atoms. The molecule has 0 aliphatic carbocycles. The van der Waals surface area contributed by atoms with E-state index in [0.717, 1.165) is 0 Å². The van der Waals surface area contributed by atoms with Crippen molar-refractivity contribution in [2.75, 3.05) is 6.54 Å². The summed E-state index contributed by atoms with van der Waals surface area (Å²) in [6, 6.07) is 9.54. The van der Waals surface area contributed by atoms with Crippen LogP contribution in [0.15, 0.2) is 42.5 Å². The zero-order valence-corrected chi connectivity index (χ0v) is 16.2. The third kappa shape index (κ3) is 4.27. The average molecular weight is 412 g/mol. The van der Waals surface area contributed by atoms with E-state index in [4.69, 9.17) is 0 Å². The van der Waals surface area contributed by atoms with Crippen LogP contribution in [0.3, 0.4) is 0 Å². The highest BCUT2D eigenvalue weighted by Gasteiger charge is 2.35. The Balaban J connectivity index is 1.71. The van der Waals surface area contributed by atoms with Gasteiger partial charge in [-0.3, -0.25) is 29.8 Å². The molecule has 0 spiro atoms. The summed E-state index contributed by atoms with van der Waals surface area (Å²) in [5, 5.41) is 24.8. The molecule has 1 fully saturated rings. The maximum absolute atomic E-state index is 12.9. The number of carbonyl (C=O) groups excluding carboxylic acids is 2. The normalized spacial score (nSPS) is 15.6. The quantitative estimate of drug-likeness (QED) is 0.572. The van der Waals surface area contributed by atoms with E-state index in [1.165, 1.54) is 29.2 Å². The zero-order valence-electron chi connectivity index (χ0n) is 16.2. The van der Waals surface area contributed by atoms with Gasteiger partial charge in [-0.25, -0.2) is 0 Å². The minimum Gasteiger partial charge on any atom is -0.350 e. The summed E-state index contributed by atoms with van der Waals surface area (Å²) in [5.74, 6) is -0.769. The van der Waals surface area contributed by atoms with Crippen molar-refractivity contribution in [3.63, 3.8) is 0 Å². The van der Waals surface area contributed by atoms with Gasteiger partial charge < -0.3 is 10.2 Å². The topological polar surface area (TPSA) is 136 Å². The minimum atomic E-state index is -0.698. The van der Waals surface area contributed by atoms with Crippen LogP contribution >= 0.6 is 0 Å². The number of rotatable bonds is 6. The molecule has 1 aliphatic rings. The van der Waals surface area contributed by atoms with Crippen LogP contribution in [0.4, 0.5) is 11.4 Å². The van der Waals surface area contributed by atoms with E-state index in [1.807, 2.05) is 0 Å². The molecular weight excluding hydrogens is 392 g/mol. The van der Waals surface area contributed by atoms with Gasteiger partial charge >= 0.3 is 0 Å². The van der Waals surface area contributed by atoms with Crippen molar-refractivity contribution in [2.24, 2.45) is 0 Å². The number of carbonyl (C=O) groups is 2. The number of benzene rings is 2. The van der Waals surface area contributed by atoms with Gasteiger partial charge in [0.1, 0.15) is 6.04 Å². The number of nitrogens with one attached hydrogen (secondary N) is 1. The maximum atomic E-state index is 12.9. The first-order valence-electron chi connectivity index (χ1n) is 9.35. The van der Waals surface area contributed by atoms with Crippen molar-refractivity contribution in [3.8, 4) is 0 Å². The monoisotopic (exact) mass is 412 g/mol. The van der Waals surface area contributed by atoms with E-state index in [0.29, 0.717) is 30.5 Å². The van der Waals surface area contributed by atoms with E-state index in [2.05, 4.69) is 5.32 Å². The lowest BCUT2D eigenvalue weighted by Crippen LogP contribution is -2.45. The molecule has 10 heteroatoms. The van der Waals surface area contributed by atoms with Gasteiger partial charge in [0, 0.05) is 41.9 Å². The van der Waals surface area contributed by atoms with Crippen molar-refractivity contribution in [1.82, 2.24) is 10.2 Å².